The minimum absolute atomic E-state index is 0.473. The summed E-state index contributed by atoms with van der Waals surface area (Å²) in [4.78, 5) is 0. The van der Waals surface area contributed by atoms with Gasteiger partial charge in [-0.15, -0.1) is 0 Å². The Balaban J connectivity index is 1.19. The summed E-state index contributed by atoms with van der Waals surface area (Å²) in [6.07, 6.45) is 0. The first kappa shape index (κ1) is 51.2. The van der Waals surface area contributed by atoms with Gasteiger partial charge in [0.15, 0.2) is 0 Å². The molecule has 15 nitrogen and oxygen atoms in total. The standard InChI is InChI=1S/C55H50N2O13Si9/c1-71(54-41-23-25-45(56)43-54,55-42-24-26-46(57)44-55)58-79-68-76(51-35-17-6-18-36-51)62-73(48-29-11-3-12-30-48)59-72(47-27-9-2-10-28-47)60-74(64-76,49-31-13-4-14-32-49)66-78(70-79,53-39-21-8-22-40-53)67-75(61-72,50-33-15-5-16-34-50)65-77(63-73,69-79)52-37-19-7-20-38-52/h2-44H,56-57H2,1H3. The first-order valence-corrected chi connectivity index (χ1v) is 41.8. The molecule has 15 rings (SSSR count). The fraction of sp³-hybridized carbons (Fsp3) is 0.0182. The summed E-state index contributed by atoms with van der Waals surface area (Å²) in [5, 5.41) is 4.95. The van der Waals surface area contributed by atoms with Crippen LogP contribution in [0.3, 0.4) is 0 Å². The average Bonchev–Trinajstić information content (AvgIpc) is 3.63. The van der Waals surface area contributed by atoms with Crippen LogP contribution in [0.1, 0.15) is 0 Å². The predicted molar refractivity (Wildman–Crippen MR) is 315 cm³/mol. The molecule has 0 amide bonds. The third-order valence-electron chi connectivity index (χ3n) is 14.3. The van der Waals surface area contributed by atoms with Crippen LogP contribution in [0, 0.1) is 0 Å². The van der Waals surface area contributed by atoms with Gasteiger partial charge in [0.1, 0.15) is 0 Å². The second-order valence-electron chi connectivity index (χ2n) is 19.6. The zero-order valence-corrected chi connectivity index (χ0v) is 51.3. The van der Waals surface area contributed by atoms with Crippen molar-refractivity contribution in [2.45, 2.75) is 6.55 Å². The second kappa shape index (κ2) is 19.3. The van der Waals surface area contributed by atoms with Gasteiger partial charge in [0.25, 0.3) is 0 Å². The van der Waals surface area contributed by atoms with Crippen molar-refractivity contribution in [2.75, 3.05) is 11.5 Å². The SMILES string of the molecule is C[Si](O[Si]12O[Si]3(c4ccccc4)O[Si]4(c5ccccc5)O[Si](c5ccccc5)(O1)O[Si]1(c5ccccc5)O[Si](c5ccccc5)(O2)O[Si](c2ccccc2)(O3)O[Si](c2ccccc2)(O4)O1)(c1cccc(N)c1)c1cccc(N)c1. The molecule has 0 saturated carbocycles. The van der Waals surface area contributed by atoms with E-state index in [1.54, 1.807) is 0 Å². The van der Waals surface area contributed by atoms with Crippen LogP contribution in [0.25, 0.3) is 0 Å². The van der Waals surface area contributed by atoms with Gasteiger partial charge in [0, 0.05) is 47.7 Å². The number of nitrogen functional groups attached to an aromatic ring is 2. The highest BCUT2D eigenvalue weighted by Gasteiger charge is 2.87. The van der Waals surface area contributed by atoms with Crippen LogP contribution in [-0.2, 0) is 53.5 Å². The summed E-state index contributed by atoms with van der Waals surface area (Å²) in [5.74, 6) is 0. The summed E-state index contributed by atoms with van der Waals surface area (Å²) in [6.45, 7) is 2.03. The summed E-state index contributed by atoms with van der Waals surface area (Å²) >= 11 is 0. The smallest absolute Gasteiger partial charge is 0.399 e. The Bertz CT molecular complexity index is 3350. The van der Waals surface area contributed by atoms with Gasteiger partial charge in [-0.25, -0.2) is 0 Å². The van der Waals surface area contributed by atoms with Crippen LogP contribution >= 0.6 is 0 Å². The molecule has 0 aliphatic carbocycles. The van der Waals surface area contributed by atoms with Crippen molar-refractivity contribution in [2.24, 2.45) is 0 Å². The number of anilines is 2. The van der Waals surface area contributed by atoms with Crippen LogP contribution in [0.15, 0.2) is 261 Å². The Hall–Kier alpha value is -5.99. The maximum Gasteiger partial charge on any atom is 0.647 e. The molecule has 8 bridgehead atoms. The van der Waals surface area contributed by atoms with E-state index in [0.29, 0.717) is 47.7 Å². The third kappa shape index (κ3) is 8.65. The van der Waals surface area contributed by atoms with Crippen LogP contribution in [0.2, 0.25) is 6.55 Å². The lowest BCUT2D eigenvalue weighted by molar-refractivity contribution is -0.0258. The molecule has 0 atom stereocenters. The normalized spacial score (nSPS) is 30.8. The molecule has 4 N–H and O–H groups in total. The molecule has 24 heteroatoms. The summed E-state index contributed by atoms with van der Waals surface area (Å²) in [5.41, 5.74) is 14.4. The molecule has 6 fully saturated rings. The average molecular weight is 1200 g/mol. The van der Waals surface area contributed by atoms with E-state index >= 15 is 0 Å². The van der Waals surface area contributed by atoms with E-state index in [1.807, 2.05) is 267 Å². The molecule has 6 saturated heterocycles. The number of hydrogen-bond acceptors (Lipinski definition) is 15. The van der Waals surface area contributed by atoms with Gasteiger partial charge >= 0.3 is 70.7 Å². The molecule has 6 aliphatic heterocycles. The van der Waals surface area contributed by atoms with Crippen molar-refractivity contribution in [3.8, 4) is 0 Å². The molecule has 0 unspecified atom stereocenters. The molecule has 9 aromatic carbocycles. The van der Waals surface area contributed by atoms with Crippen LogP contribution in [0.4, 0.5) is 11.4 Å². The summed E-state index contributed by atoms with van der Waals surface area (Å²) in [6, 6.07) is 81.6. The molecular formula is C55H50N2O13Si9. The van der Waals surface area contributed by atoms with Gasteiger partial charge in [0.2, 0.25) is 8.32 Å². The minimum Gasteiger partial charge on any atom is -0.399 e. The van der Waals surface area contributed by atoms with Crippen molar-refractivity contribution in [3.63, 3.8) is 0 Å². The predicted octanol–water partition coefficient (Wildman–Crippen LogP) is 3.18. The Kier molecular flexibility index (Phi) is 12.5. The first-order chi connectivity index (χ1) is 38.4. The van der Waals surface area contributed by atoms with Gasteiger partial charge in [-0.05, 0) is 41.2 Å². The first-order valence-electron chi connectivity index (χ1n) is 25.7. The highest BCUT2D eigenvalue weighted by atomic mass is 28.6. The van der Waals surface area contributed by atoms with Crippen LogP contribution in [0.5, 0.6) is 0 Å². The van der Waals surface area contributed by atoms with Crippen molar-refractivity contribution in [1.82, 2.24) is 0 Å². The van der Waals surface area contributed by atoms with E-state index < -0.39 is 79.0 Å². The van der Waals surface area contributed by atoms with Crippen molar-refractivity contribution >= 4 is 137 Å². The maximum absolute atomic E-state index is 8.27. The largest absolute Gasteiger partial charge is 0.647 e. The molecule has 0 aromatic heterocycles. The van der Waals surface area contributed by atoms with E-state index in [1.165, 1.54) is 0 Å². The molecular weight excluding hydrogens is 1150 g/mol. The Morgan fingerprint density at radius 2 is 0.468 bits per heavy atom. The topological polar surface area (TPSA) is 172 Å². The fourth-order valence-corrected chi connectivity index (χ4v) is 61.0. The van der Waals surface area contributed by atoms with Gasteiger partial charge in [-0.3, -0.25) is 0 Å². The Morgan fingerprint density at radius 1 is 0.266 bits per heavy atom. The van der Waals surface area contributed by atoms with Crippen molar-refractivity contribution in [3.05, 3.63) is 261 Å². The lowest BCUT2D eigenvalue weighted by atomic mass is 10.3. The molecule has 6 aliphatic rings. The van der Waals surface area contributed by atoms with E-state index in [4.69, 9.17) is 65.0 Å². The van der Waals surface area contributed by atoms with Crippen molar-refractivity contribution < 1.29 is 53.5 Å². The number of benzene rings is 9. The molecule has 9 aromatic rings. The molecule has 79 heavy (non-hydrogen) atoms. The zero-order chi connectivity index (χ0) is 53.4. The Morgan fingerprint density at radius 3 is 0.671 bits per heavy atom. The highest BCUT2D eigenvalue weighted by molar-refractivity contribution is 7.14. The number of hydrogen-bond donors (Lipinski definition) is 2. The summed E-state index contributed by atoms with van der Waals surface area (Å²) < 4.78 is 107. The van der Waals surface area contributed by atoms with E-state index in [2.05, 4.69) is 0 Å². The maximum atomic E-state index is 8.27. The molecule has 6 heterocycles. The second-order valence-corrected chi connectivity index (χ2v) is 46.2. The van der Waals surface area contributed by atoms with E-state index in [9.17, 15) is 0 Å². The summed E-state index contributed by atoms with van der Waals surface area (Å²) in [7, 11) is -44.0. The van der Waals surface area contributed by atoms with Crippen LogP contribution < -0.4 is 58.1 Å². The molecule has 394 valence electrons. The van der Waals surface area contributed by atoms with E-state index in [0.717, 1.165) is 10.4 Å². The van der Waals surface area contributed by atoms with Gasteiger partial charge in [0.05, 0.1) is 0 Å². The zero-order valence-electron chi connectivity index (χ0n) is 42.3. The Labute approximate surface area is 466 Å². The lowest BCUT2D eigenvalue weighted by Crippen LogP contribution is -2.96. The highest BCUT2D eigenvalue weighted by Crippen LogP contribution is 2.49. The van der Waals surface area contributed by atoms with Crippen molar-refractivity contribution in [1.29, 1.82) is 0 Å². The van der Waals surface area contributed by atoms with Gasteiger partial charge in [-0.2, -0.15) is 0 Å². The van der Waals surface area contributed by atoms with Gasteiger partial charge < -0.3 is 65.0 Å². The van der Waals surface area contributed by atoms with E-state index in [-0.39, 0.29) is 0 Å². The lowest BCUT2D eigenvalue weighted by Gasteiger charge is -2.62. The van der Waals surface area contributed by atoms with Gasteiger partial charge in [-0.1, -0.05) is 237 Å². The third-order valence-corrected chi connectivity index (χ3v) is 52.6. The fourth-order valence-electron chi connectivity index (χ4n) is 10.6. The minimum atomic E-state index is -5.41. The molecule has 0 spiro atoms. The monoisotopic (exact) mass is 1200 g/mol. The number of nitrogens with two attached hydrogens (primary N) is 2. The van der Waals surface area contributed by atoms with Crippen LogP contribution in [-0.4, -0.2) is 79.0 Å². The number of rotatable bonds is 11. The molecule has 0 radical (unpaired) electrons. The quantitative estimate of drug-likeness (QED) is 0.143.